The van der Waals surface area contributed by atoms with E-state index in [0.717, 1.165) is 10.0 Å². The maximum Gasteiger partial charge on any atom is 0.426 e. The third-order valence-corrected chi connectivity index (χ3v) is 9.36. The molecule has 4 rings (SSSR count). The van der Waals surface area contributed by atoms with Crippen molar-refractivity contribution in [2.45, 2.75) is 84.0 Å². The first-order valence-electron chi connectivity index (χ1n) is 18.7. The van der Waals surface area contributed by atoms with E-state index in [-0.39, 0.29) is 37.9 Å². The first-order valence-corrected chi connectivity index (χ1v) is 18.7. The number of carbonyl (C=O) groups excluding carboxylic acids is 4. The number of hydrogen-bond donors (Lipinski definition) is 5. The van der Waals surface area contributed by atoms with E-state index in [1.807, 2.05) is 48.5 Å². The number of amides is 4. The first kappa shape index (κ1) is 43.0. The van der Waals surface area contributed by atoms with E-state index in [0.29, 0.717) is 22.3 Å². The molecule has 56 heavy (non-hydrogen) atoms. The van der Waals surface area contributed by atoms with Gasteiger partial charge in [-0.25, -0.2) is 30.5 Å². The summed E-state index contributed by atoms with van der Waals surface area (Å²) in [5.74, 6) is -2.15. The predicted octanol–water partition coefficient (Wildman–Crippen LogP) is 4.88. The van der Waals surface area contributed by atoms with E-state index < -0.39 is 54.3 Å². The van der Waals surface area contributed by atoms with Crippen molar-refractivity contribution in [2.75, 3.05) is 0 Å². The van der Waals surface area contributed by atoms with Gasteiger partial charge in [0.2, 0.25) is 0 Å². The van der Waals surface area contributed by atoms with Gasteiger partial charge < -0.3 is 26.0 Å². The van der Waals surface area contributed by atoms with Crippen molar-refractivity contribution in [3.8, 4) is 0 Å². The molecule has 0 spiro atoms. The molecule has 13 heteroatoms. The van der Waals surface area contributed by atoms with Crippen molar-refractivity contribution in [2.24, 2.45) is 23.3 Å². The number of hydrogen-bond acceptors (Lipinski definition) is 9. The third kappa shape index (κ3) is 12.7. The lowest BCUT2D eigenvalue weighted by molar-refractivity contribution is -0.150. The Bertz CT molecular complexity index is 1680. The summed E-state index contributed by atoms with van der Waals surface area (Å²) < 4.78 is 11.0. The Labute approximate surface area is 328 Å². The lowest BCUT2D eigenvalue weighted by atomic mass is 9.90. The molecular formula is C43H54N6O7. The lowest BCUT2D eigenvalue weighted by Crippen LogP contribution is -2.67. The van der Waals surface area contributed by atoms with Crippen molar-refractivity contribution < 1.29 is 33.8 Å². The Morgan fingerprint density at radius 3 is 1.11 bits per heavy atom. The van der Waals surface area contributed by atoms with Crippen molar-refractivity contribution in [1.29, 1.82) is 0 Å². The minimum Gasteiger partial charge on any atom is -0.443 e. The SMILES string of the molecule is CC(C)[C@H](N)C(=O)N(NC(=O)OCc1ccccc1)C(Cc1ccccc1)C(O)C(Cc1ccccc1)N(NC(=O)OCc1ccccc1)C(=O)[C@@H](N)C(C)C. The zero-order valence-electron chi connectivity index (χ0n) is 32.4. The van der Waals surface area contributed by atoms with Crippen molar-refractivity contribution >= 4 is 24.0 Å². The standard InChI is InChI=1S/C43H54N6O7/c1-29(2)37(44)40(51)48(46-42(53)55-27-33-21-13-7-14-22-33)35(25-31-17-9-5-10-18-31)39(50)36(26-32-19-11-6-12-20-32)49(41(52)38(45)30(3)4)47-43(54)56-28-34-23-15-8-16-24-34/h5-24,29-30,35-39,50H,25-28,44-45H2,1-4H3,(H,46,53)(H,47,54)/t35?,36?,37-,38-,39?/m0/s1. The molecule has 0 aliphatic carbocycles. The van der Waals surface area contributed by atoms with Crippen LogP contribution in [0.4, 0.5) is 9.59 Å². The van der Waals surface area contributed by atoms with E-state index in [2.05, 4.69) is 10.9 Å². The number of nitrogens with two attached hydrogens (primary N) is 2. The number of nitrogens with one attached hydrogen (secondary N) is 2. The quantitative estimate of drug-likeness (QED) is 0.0991. The number of carbonyl (C=O) groups is 4. The number of nitrogens with zero attached hydrogens (tertiary/aromatic N) is 2. The Morgan fingerprint density at radius 1 is 0.536 bits per heavy atom. The predicted molar refractivity (Wildman–Crippen MR) is 213 cm³/mol. The molecule has 13 nitrogen and oxygen atoms in total. The average Bonchev–Trinajstić information content (AvgIpc) is 3.21. The number of rotatable bonds is 16. The van der Waals surface area contributed by atoms with Crippen molar-refractivity contribution in [3.05, 3.63) is 144 Å². The van der Waals surface area contributed by atoms with E-state index in [1.54, 1.807) is 100 Å². The van der Waals surface area contributed by atoms with E-state index in [9.17, 15) is 24.3 Å². The molecule has 4 aromatic rings. The minimum absolute atomic E-state index is 0.0144. The molecule has 0 aromatic heterocycles. The van der Waals surface area contributed by atoms with Crippen LogP contribution in [-0.2, 0) is 45.1 Å². The van der Waals surface area contributed by atoms with Gasteiger partial charge in [0.15, 0.2) is 0 Å². The minimum atomic E-state index is -1.66. The van der Waals surface area contributed by atoms with Crippen molar-refractivity contribution in [3.63, 3.8) is 0 Å². The van der Waals surface area contributed by atoms with Gasteiger partial charge in [0.25, 0.3) is 11.8 Å². The van der Waals surface area contributed by atoms with Crippen molar-refractivity contribution in [1.82, 2.24) is 20.9 Å². The Kier molecular flexibility index (Phi) is 16.4. The molecule has 0 aliphatic heterocycles. The summed E-state index contributed by atoms with van der Waals surface area (Å²) >= 11 is 0. The van der Waals surface area contributed by atoms with Crippen LogP contribution in [0.5, 0.6) is 0 Å². The summed E-state index contributed by atoms with van der Waals surface area (Å²) in [7, 11) is 0. The fraction of sp³-hybridized carbons (Fsp3) is 0.349. The number of ether oxygens (including phenoxy) is 2. The molecule has 4 aromatic carbocycles. The number of aliphatic hydroxyl groups is 1. The van der Waals surface area contributed by atoms with Gasteiger partial charge in [0.05, 0.1) is 30.3 Å². The maximum atomic E-state index is 14.3. The van der Waals surface area contributed by atoms with E-state index in [1.165, 1.54) is 0 Å². The molecule has 0 bridgehead atoms. The number of hydrazine groups is 2. The highest BCUT2D eigenvalue weighted by atomic mass is 16.6. The lowest BCUT2D eigenvalue weighted by Gasteiger charge is -2.43. The smallest absolute Gasteiger partial charge is 0.426 e. The largest absolute Gasteiger partial charge is 0.443 e. The summed E-state index contributed by atoms with van der Waals surface area (Å²) in [6.45, 7) is 6.83. The highest BCUT2D eigenvalue weighted by Crippen LogP contribution is 2.23. The van der Waals surface area contributed by atoms with Gasteiger partial charge in [-0.05, 0) is 46.9 Å². The van der Waals surface area contributed by atoms with Crippen LogP contribution in [-0.4, -0.2) is 69.4 Å². The van der Waals surface area contributed by atoms with Crippen LogP contribution in [0.3, 0.4) is 0 Å². The van der Waals surface area contributed by atoms with Gasteiger partial charge in [-0.2, -0.15) is 0 Å². The fourth-order valence-corrected chi connectivity index (χ4v) is 5.90. The Morgan fingerprint density at radius 2 is 0.821 bits per heavy atom. The van der Waals surface area contributed by atoms with Crippen LogP contribution in [0, 0.1) is 11.8 Å². The molecule has 0 saturated heterocycles. The van der Waals surface area contributed by atoms with Gasteiger partial charge in [-0.1, -0.05) is 149 Å². The average molecular weight is 767 g/mol. The van der Waals surface area contributed by atoms with Gasteiger partial charge in [-0.3, -0.25) is 9.59 Å². The van der Waals surface area contributed by atoms with E-state index >= 15 is 0 Å². The molecule has 4 atom stereocenters. The summed E-state index contributed by atoms with van der Waals surface area (Å²) in [6.07, 6.45) is -3.63. The molecule has 7 N–H and O–H groups in total. The topological polar surface area (TPSA) is 190 Å². The van der Waals surface area contributed by atoms with Crippen LogP contribution in [0.2, 0.25) is 0 Å². The highest BCUT2D eigenvalue weighted by molar-refractivity contribution is 5.85. The van der Waals surface area contributed by atoms with Gasteiger partial charge in [0.1, 0.15) is 13.2 Å². The maximum absolute atomic E-state index is 14.3. The van der Waals surface area contributed by atoms with Crippen LogP contribution in [0.25, 0.3) is 0 Å². The number of aliphatic hydroxyl groups excluding tert-OH is 1. The van der Waals surface area contributed by atoms with Crippen LogP contribution in [0.15, 0.2) is 121 Å². The fourth-order valence-electron chi connectivity index (χ4n) is 5.90. The van der Waals surface area contributed by atoms with Crippen LogP contribution >= 0.6 is 0 Å². The first-order chi connectivity index (χ1) is 26.8. The molecule has 0 fully saturated rings. The summed E-state index contributed by atoms with van der Waals surface area (Å²) in [5, 5.41) is 14.7. The summed E-state index contributed by atoms with van der Waals surface area (Å²) in [5.41, 5.74) is 20.8. The normalized spacial score (nSPS) is 13.8. The van der Waals surface area contributed by atoms with Crippen LogP contribution < -0.4 is 22.3 Å². The second kappa shape index (κ2) is 21.4. The zero-order valence-corrected chi connectivity index (χ0v) is 32.4. The Hall–Kier alpha value is -5.76. The molecule has 2 unspecified atom stereocenters. The van der Waals surface area contributed by atoms with Crippen LogP contribution in [0.1, 0.15) is 49.9 Å². The molecule has 0 saturated carbocycles. The number of benzene rings is 4. The molecular weight excluding hydrogens is 713 g/mol. The molecule has 298 valence electrons. The van der Waals surface area contributed by atoms with Gasteiger partial charge >= 0.3 is 12.2 Å². The van der Waals surface area contributed by atoms with Gasteiger partial charge in [0, 0.05) is 0 Å². The van der Waals surface area contributed by atoms with Gasteiger partial charge in [-0.15, -0.1) is 0 Å². The Balaban J connectivity index is 1.81. The highest BCUT2D eigenvalue weighted by Gasteiger charge is 2.43. The molecule has 0 aliphatic rings. The molecule has 4 amide bonds. The second-order valence-corrected chi connectivity index (χ2v) is 14.3. The second-order valence-electron chi connectivity index (χ2n) is 14.3. The molecule has 0 heterocycles. The zero-order chi connectivity index (χ0) is 40.6. The summed E-state index contributed by atoms with van der Waals surface area (Å²) in [6, 6.07) is 31.3. The summed E-state index contributed by atoms with van der Waals surface area (Å²) in [4.78, 5) is 55.7. The molecule has 0 radical (unpaired) electrons. The van der Waals surface area contributed by atoms with E-state index in [4.69, 9.17) is 20.9 Å². The monoisotopic (exact) mass is 766 g/mol. The third-order valence-electron chi connectivity index (χ3n) is 9.36.